The summed E-state index contributed by atoms with van der Waals surface area (Å²) in [7, 11) is 0. The van der Waals surface area contributed by atoms with E-state index in [-0.39, 0.29) is 11.1 Å². The maximum absolute atomic E-state index is 12.6. The molecular weight excluding hydrogens is 372 g/mol. The van der Waals surface area contributed by atoms with Crippen molar-refractivity contribution in [2.75, 3.05) is 5.32 Å². The number of aromatic nitrogens is 3. The third kappa shape index (κ3) is 3.91. The first-order valence-corrected chi connectivity index (χ1v) is 8.76. The molecule has 0 aliphatic heterocycles. The van der Waals surface area contributed by atoms with Crippen LogP contribution in [0.5, 0.6) is 0 Å². The molecule has 0 spiro atoms. The summed E-state index contributed by atoms with van der Waals surface area (Å²) in [6.07, 6.45) is 1.50. The van der Waals surface area contributed by atoms with Gasteiger partial charge >= 0.3 is 0 Å². The van der Waals surface area contributed by atoms with Crippen LogP contribution in [0.25, 0.3) is 22.8 Å². The van der Waals surface area contributed by atoms with E-state index in [0.29, 0.717) is 34.2 Å². The lowest BCUT2D eigenvalue weighted by Crippen LogP contribution is -2.23. The molecule has 8 heteroatoms. The SMILES string of the molecule is Cc1cc(=O)[nH]c(-c2cccc(NC(=O)c3ccc(-c4ccco4)[nH]c3=O)c2)n1. The van der Waals surface area contributed by atoms with Crippen LogP contribution in [0, 0.1) is 6.92 Å². The first kappa shape index (κ1) is 18.2. The second kappa shape index (κ2) is 7.43. The van der Waals surface area contributed by atoms with Crippen molar-refractivity contribution in [1.29, 1.82) is 0 Å². The van der Waals surface area contributed by atoms with Crippen LogP contribution in [-0.4, -0.2) is 20.9 Å². The van der Waals surface area contributed by atoms with Crippen molar-refractivity contribution >= 4 is 11.6 Å². The average Bonchev–Trinajstić information content (AvgIpc) is 3.22. The zero-order valence-electron chi connectivity index (χ0n) is 15.4. The lowest BCUT2D eigenvalue weighted by atomic mass is 10.1. The number of nitrogens with zero attached hydrogens (tertiary/aromatic N) is 1. The van der Waals surface area contributed by atoms with E-state index in [2.05, 4.69) is 20.3 Å². The maximum atomic E-state index is 12.6. The Hall–Kier alpha value is -4.20. The normalized spacial score (nSPS) is 10.7. The number of pyridine rings is 1. The second-order valence-electron chi connectivity index (χ2n) is 6.36. The van der Waals surface area contributed by atoms with Crippen LogP contribution in [0.4, 0.5) is 5.69 Å². The predicted octanol–water partition coefficient (Wildman–Crippen LogP) is 2.95. The van der Waals surface area contributed by atoms with Gasteiger partial charge in [0.05, 0.1) is 12.0 Å². The molecule has 3 N–H and O–H groups in total. The molecule has 29 heavy (non-hydrogen) atoms. The number of hydrogen-bond donors (Lipinski definition) is 3. The Morgan fingerprint density at radius 1 is 1.03 bits per heavy atom. The molecule has 0 bridgehead atoms. The van der Waals surface area contributed by atoms with Gasteiger partial charge in [-0.2, -0.15) is 0 Å². The van der Waals surface area contributed by atoms with Crippen molar-refractivity contribution in [3.8, 4) is 22.8 Å². The Balaban J connectivity index is 1.59. The van der Waals surface area contributed by atoms with Crippen LogP contribution in [0.3, 0.4) is 0 Å². The number of carbonyl (C=O) groups is 1. The molecule has 1 aromatic carbocycles. The van der Waals surface area contributed by atoms with Crippen LogP contribution in [0.1, 0.15) is 16.1 Å². The number of anilines is 1. The Morgan fingerprint density at radius 2 is 1.90 bits per heavy atom. The molecule has 0 atom stereocenters. The third-order valence-corrected chi connectivity index (χ3v) is 4.20. The fourth-order valence-electron chi connectivity index (χ4n) is 2.89. The van der Waals surface area contributed by atoms with Crippen molar-refractivity contribution < 1.29 is 9.21 Å². The number of amides is 1. The first-order valence-electron chi connectivity index (χ1n) is 8.76. The molecular formula is C21H16N4O4. The fraction of sp³-hybridized carbons (Fsp3) is 0.0476. The number of benzene rings is 1. The van der Waals surface area contributed by atoms with E-state index in [0.717, 1.165) is 0 Å². The van der Waals surface area contributed by atoms with Crippen molar-refractivity contribution in [3.63, 3.8) is 0 Å². The van der Waals surface area contributed by atoms with Crippen LogP contribution in [-0.2, 0) is 0 Å². The maximum Gasteiger partial charge on any atom is 0.261 e. The van der Waals surface area contributed by atoms with E-state index in [9.17, 15) is 14.4 Å². The van der Waals surface area contributed by atoms with Gasteiger partial charge in [0, 0.05) is 23.0 Å². The number of rotatable bonds is 4. The Labute approximate surface area is 164 Å². The number of aryl methyl sites for hydroxylation is 1. The van der Waals surface area contributed by atoms with Crippen molar-refractivity contribution in [2.45, 2.75) is 6.92 Å². The molecule has 0 unspecified atom stereocenters. The second-order valence-corrected chi connectivity index (χ2v) is 6.36. The van der Waals surface area contributed by atoms with Gasteiger partial charge in [0.1, 0.15) is 17.1 Å². The molecule has 0 fully saturated rings. The van der Waals surface area contributed by atoms with Crippen LogP contribution in [0.15, 0.2) is 74.9 Å². The lowest BCUT2D eigenvalue weighted by molar-refractivity contribution is 0.102. The van der Waals surface area contributed by atoms with Crippen LogP contribution >= 0.6 is 0 Å². The van der Waals surface area contributed by atoms with E-state index in [4.69, 9.17) is 4.42 Å². The molecule has 0 saturated carbocycles. The summed E-state index contributed by atoms with van der Waals surface area (Å²) >= 11 is 0. The highest BCUT2D eigenvalue weighted by atomic mass is 16.3. The lowest BCUT2D eigenvalue weighted by Gasteiger charge is -2.08. The molecule has 8 nitrogen and oxygen atoms in total. The minimum Gasteiger partial charge on any atom is -0.463 e. The average molecular weight is 388 g/mol. The summed E-state index contributed by atoms with van der Waals surface area (Å²) in [5.41, 5.74) is 1.33. The standard InChI is InChI=1S/C21H16N4O4/c1-12-10-18(26)25-19(22-12)13-4-2-5-14(11-13)23-20(27)15-7-8-16(24-21(15)28)17-6-3-9-29-17/h2-11H,1H3,(H,23,27)(H,24,28)(H,22,25,26). The van der Waals surface area contributed by atoms with Gasteiger partial charge in [-0.05, 0) is 43.3 Å². The van der Waals surface area contributed by atoms with E-state index >= 15 is 0 Å². The van der Waals surface area contributed by atoms with Gasteiger partial charge in [0.25, 0.3) is 17.0 Å². The predicted molar refractivity (Wildman–Crippen MR) is 108 cm³/mol. The summed E-state index contributed by atoms with van der Waals surface area (Å²) in [4.78, 5) is 46.2. The molecule has 4 rings (SSSR count). The summed E-state index contributed by atoms with van der Waals surface area (Å²) in [6, 6.07) is 14.7. The number of hydrogen-bond acceptors (Lipinski definition) is 5. The van der Waals surface area contributed by atoms with E-state index in [1.165, 1.54) is 18.4 Å². The largest absolute Gasteiger partial charge is 0.463 e. The molecule has 3 heterocycles. The third-order valence-electron chi connectivity index (χ3n) is 4.20. The van der Waals surface area contributed by atoms with Gasteiger partial charge in [-0.15, -0.1) is 0 Å². The smallest absolute Gasteiger partial charge is 0.261 e. The number of furan rings is 1. The minimum atomic E-state index is -0.555. The van der Waals surface area contributed by atoms with Gasteiger partial charge in [0.15, 0.2) is 0 Å². The Morgan fingerprint density at radius 3 is 2.62 bits per heavy atom. The highest BCUT2D eigenvalue weighted by Gasteiger charge is 2.13. The molecule has 0 aliphatic rings. The van der Waals surface area contributed by atoms with Gasteiger partial charge in [-0.25, -0.2) is 4.98 Å². The van der Waals surface area contributed by atoms with Gasteiger partial charge in [0.2, 0.25) is 0 Å². The van der Waals surface area contributed by atoms with Crippen molar-refractivity contribution in [2.24, 2.45) is 0 Å². The van der Waals surface area contributed by atoms with Gasteiger partial charge in [-0.3, -0.25) is 14.4 Å². The van der Waals surface area contributed by atoms with Crippen molar-refractivity contribution in [1.82, 2.24) is 15.0 Å². The molecule has 3 aromatic heterocycles. The Bertz CT molecular complexity index is 1300. The van der Waals surface area contributed by atoms with Crippen LogP contribution < -0.4 is 16.4 Å². The number of aromatic amines is 2. The molecule has 4 aromatic rings. The van der Waals surface area contributed by atoms with Gasteiger partial charge in [-0.1, -0.05) is 12.1 Å². The number of carbonyl (C=O) groups excluding carboxylic acids is 1. The summed E-state index contributed by atoms with van der Waals surface area (Å²) < 4.78 is 5.24. The molecule has 1 amide bonds. The zero-order chi connectivity index (χ0) is 20.4. The molecule has 0 radical (unpaired) electrons. The summed E-state index contributed by atoms with van der Waals surface area (Å²) in [6.45, 7) is 1.73. The highest BCUT2D eigenvalue weighted by molar-refractivity contribution is 6.04. The quantitative estimate of drug-likeness (QED) is 0.496. The minimum absolute atomic E-state index is 0.0344. The number of nitrogens with one attached hydrogen (secondary N) is 3. The summed E-state index contributed by atoms with van der Waals surface area (Å²) in [5.74, 6) is 0.341. The number of H-pyrrole nitrogens is 2. The van der Waals surface area contributed by atoms with Crippen molar-refractivity contribution in [3.05, 3.63) is 92.8 Å². The highest BCUT2D eigenvalue weighted by Crippen LogP contribution is 2.20. The zero-order valence-corrected chi connectivity index (χ0v) is 15.4. The topological polar surface area (TPSA) is 121 Å². The molecule has 0 saturated heterocycles. The Kier molecular flexibility index (Phi) is 4.66. The first-order chi connectivity index (χ1) is 14.0. The van der Waals surface area contributed by atoms with E-state index in [1.54, 1.807) is 49.4 Å². The monoisotopic (exact) mass is 388 g/mol. The van der Waals surface area contributed by atoms with E-state index in [1.807, 2.05) is 0 Å². The van der Waals surface area contributed by atoms with E-state index < -0.39 is 11.5 Å². The molecule has 0 aliphatic carbocycles. The molecule has 144 valence electrons. The van der Waals surface area contributed by atoms with Crippen LogP contribution in [0.2, 0.25) is 0 Å². The fourth-order valence-corrected chi connectivity index (χ4v) is 2.89. The summed E-state index contributed by atoms with van der Waals surface area (Å²) in [5, 5.41) is 2.69. The van der Waals surface area contributed by atoms with Gasteiger partial charge < -0.3 is 19.7 Å².